The predicted molar refractivity (Wildman–Crippen MR) is 102 cm³/mol. The van der Waals surface area contributed by atoms with Gasteiger partial charge in [-0.15, -0.1) is 0 Å². The Balaban J connectivity index is 2.23. The number of benzene rings is 2. The third kappa shape index (κ3) is 5.25. The summed E-state index contributed by atoms with van der Waals surface area (Å²) in [4.78, 5) is 0. The first-order valence-electron chi connectivity index (χ1n) is 7.95. The Morgan fingerprint density at radius 1 is 1.08 bits per heavy atom. The van der Waals surface area contributed by atoms with Gasteiger partial charge in [-0.05, 0) is 32.0 Å². The lowest BCUT2D eigenvalue weighted by atomic mass is 10.1. The highest BCUT2D eigenvalue weighted by Gasteiger charge is 2.18. The minimum Gasteiger partial charge on any atom is -0.493 e. The van der Waals surface area contributed by atoms with E-state index in [1.807, 2.05) is 32.0 Å². The van der Waals surface area contributed by atoms with E-state index in [9.17, 15) is 5.11 Å². The largest absolute Gasteiger partial charge is 0.493 e. The third-order valence-electron chi connectivity index (χ3n) is 3.86. The normalized spacial score (nSPS) is 11.4. The van der Waals surface area contributed by atoms with Gasteiger partial charge in [0.2, 0.25) is 0 Å². The van der Waals surface area contributed by atoms with E-state index in [2.05, 4.69) is 5.32 Å². The van der Waals surface area contributed by atoms with Crippen LogP contribution in [-0.2, 0) is 13.2 Å². The zero-order valence-corrected chi connectivity index (χ0v) is 16.1. The molecule has 0 spiro atoms. The van der Waals surface area contributed by atoms with Gasteiger partial charge in [0, 0.05) is 33.3 Å². The Hall–Kier alpha value is -1.46. The molecule has 0 bridgehead atoms. The first kappa shape index (κ1) is 19.9. The van der Waals surface area contributed by atoms with Crippen LogP contribution in [0.1, 0.15) is 25.0 Å². The van der Waals surface area contributed by atoms with Crippen LogP contribution in [0.3, 0.4) is 0 Å². The molecule has 0 aliphatic heterocycles. The topological polar surface area (TPSA) is 50.7 Å². The Labute approximate surface area is 158 Å². The van der Waals surface area contributed by atoms with Gasteiger partial charge in [-0.25, -0.2) is 0 Å². The van der Waals surface area contributed by atoms with Gasteiger partial charge in [0.15, 0.2) is 11.5 Å². The molecule has 0 radical (unpaired) electrons. The van der Waals surface area contributed by atoms with Crippen LogP contribution < -0.4 is 14.8 Å². The van der Waals surface area contributed by atoms with E-state index in [0.717, 1.165) is 11.1 Å². The van der Waals surface area contributed by atoms with Crippen molar-refractivity contribution in [1.82, 2.24) is 5.32 Å². The molecule has 0 heterocycles. The molecule has 0 aromatic heterocycles. The average Bonchev–Trinajstić information content (AvgIpc) is 2.60. The molecule has 0 aliphatic rings. The summed E-state index contributed by atoms with van der Waals surface area (Å²) in [5.41, 5.74) is 1.25. The molecule has 2 N–H and O–H groups in total. The van der Waals surface area contributed by atoms with E-state index >= 15 is 0 Å². The van der Waals surface area contributed by atoms with Gasteiger partial charge in [0.05, 0.1) is 13.7 Å². The highest BCUT2D eigenvalue weighted by Crippen LogP contribution is 2.33. The van der Waals surface area contributed by atoms with Crippen LogP contribution in [0.5, 0.6) is 11.5 Å². The van der Waals surface area contributed by atoms with Crippen molar-refractivity contribution >= 4 is 23.2 Å². The van der Waals surface area contributed by atoms with E-state index in [1.165, 1.54) is 0 Å². The van der Waals surface area contributed by atoms with Gasteiger partial charge in [-0.3, -0.25) is 0 Å². The number of ether oxygens (including phenoxy) is 2. The fraction of sp³-hybridized carbons (Fsp3) is 0.368. The van der Waals surface area contributed by atoms with Crippen molar-refractivity contribution in [3.63, 3.8) is 0 Å². The van der Waals surface area contributed by atoms with Crippen LogP contribution in [0, 0.1) is 0 Å². The van der Waals surface area contributed by atoms with Gasteiger partial charge >= 0.3 is 0 Å². The second-order valence-corrected chi connectivity index (χ2v) is 7.15. The highest BCUT2D eigenvalue weighted by atomic mass is 35.5. The Bertz CT molecular complexity index is 700. The quantitative estimate of drug-likeness (QED) is 0.707. The molecule has 2 aromatic rings. The van der Waals surface area contributed by atoms with Crippen molar-refractivity contribution in [3.05, 3.63) is 57.6 Å². The maximum absolute atomic E-state index is 9.41. The second-order valence-electron chi connectivity index (χ2n) is 6.33. The van der Waals surface area contributed by atoms with Crippen molar-refractivity contribution in [2.45, 2.75) is 32.5 Å². The van der Waals surface area contributed by atoms with Crippen LogP contribution in [0.2, 0.25) is 10.0 Å². The maximum Gasteiger partial charge on any atom is 0.166 e. The van der Waals surface area contributed by atoms with Crippen molar-refractivity contribution < 1.29 is 14.6 Å². The van der Waals surface area contributed by atoms with E-state index in [0.29, 0.717) is 28.1 Å². The number of nitrogens with one attached hydrogen (secondary N) is 1. The molecule has 2 rings (SSSR count). The number of hydrogen-bond acceptors (Lipinski definition) is 4. The smallest absolute Gasteiger partial charge is 0.166 e. The molecule has 0 saturated carbocycles. The lowest BCUT2D eigenvalue weighted by molar-refractivity contribution is 0.186. The van der Waals surface area contributed by atoms with E-state index < -0.39 is 5.54 Å². The second kappa shape index (κ2) is 8.77. The minimum absolute atomic E-state index is 0.0301. The molecule has 136 valence electrons. The standard InChI is InChI=1S/C19H23Cl2NO3/c1-19(2,12-23)22-10-13-6-4-9-17(24-3)18(13)25-11-14-15(20)7-5-8-16(14)21/h4-9,22-23H,10-12H2,1-3H3. The van der Waals surface area contributed by atoms with Crippen molar-refractivity contribution in [3.8, 4) is 11.5 Å². The molecular formula is C19H23Cl2NO3. The summed E-state index contributed by atoms with van der Waals surface area (Å²) in [7, 11) is 1.60. The third-order valence-corrected chi connectivity index (χ3v) is 4.56. The summed E-state index contributed by atoms with van der Waals surface area (Å²) in [5, 5.41) is 13.8. The van der Waals surface area contributed by atoms with Crippen LogP contribution in [0.4, 0.5) is 0 Å². The number of hydrogen-bond donors (Lipinski definition) is 2. The monoisotopic (exact) mass is 383 g/mol. The number of aliphatic hydroxyl groups is 1. The van der Waals surface area contributed by atoms with Crippen LogP contribution in [-0.4, -0.2) is 24.4 Å². The maximum atomic E-state index is 9.41. The molecule has 6 heteroatoms. The number of rotatable bonds is 8. The SMILES string of the molecule is COc1cccc(CNC(C)(C)CO)c1OCc1c(Cl)cccc1Cl. The van der Waals surface area contributed by atoms with E-state index in [1.54, 1.807) is 25.3 Å². The first-order valence-corrected chi connectivity index (χ1v) is 8.71. The lowest BCUT2D eigenvalue weighted by Crippen LogP contribution is -2.42. The molecule has 0 saturated heterocycles. The molecule has 4 nitrogen and oxygen atoms in total. The lowest BCUT2D eigenvalue weighted by Gasteiger charge is -2.24. The summed E-state index contributed by atoms with van der Waals surface area (Å²) in [6.45, 7) is 4.64. The van der Waals surface area contributed by atoms with Crippen LogP contribution in [0.25, 0.3) is 0 Å². The predicted octanol–water partition coefficient (Wildman–Crippen LogP) is 4.44. The first-order chi connectivity index (χ1) is 11.9. The number of para-hydroxylation sites is 1. The Kier molecular flexibility index (Phi) is 6.96. The molecule has 0 amide bonds. The summed E-state index contributed by atoms with van der Waals surface area (Å²) in [6, 6.07) is 11.0. The van der Waals surface area contributed by atoms with Crippen molar-refractivity contribution in [2.75, 3.05) is 13.7 Å². The van der Waals surface area contributed by atoms with Gasteiger partial charge in [-0.2, -0.15) is 0 Å². The molecule has 0 aliphatic carbocycles. The molecular weight excluding hydrogens is 361 g/mol. The molecule has 0 unspecified atom stereocenters. The van der Waals surface area contributed by atoms with Crippen molar-refractivity contribution in [2.24, 2.45) is 0 Å². The molecule has 25 heavy (non-hydrogen) atoms. The zero-order valence-electron chi connectivity index (χ0n) is 14.6. The molecule has 0 fully saturated rings. The Morgan fingerprint density at radius 2 is 1.72 bits per heavy atom. The van der Waals surface area contributed by atoms with Gasteiger partial charge in [0.1, 0.15) is 6.61 Å². The van der Waals surface area contributed by atoms with Crippen LogP contribution >= 0.6 is 23.2 Å². The number of halogens is 2. The molecule has 2 aromatic carbocycles. The number of aliphatic hydroxyl groups excluding tert-OH is 1. The van der Waals surface area contributed by atoms with E-state index in [4.69, 9.17) is 32.7 Å². The zero-order chi connectivity index (χ0) is 18.4. The highest BCUT2D eigenvalue weighted by molar-refractivity contribution is 6.35. The summed E-state index contributed by atoms with van der Waals surface area (Å²) in [5.74, 6) is 1.26. The van der Waals surface area contributed by atoms with Crippen LogP contribution in [0.15, 0.2) is 36.4 Å². The summed E-state index contributed by atoms with van der Waals surface area (Å²) >= 11 is 12.4. The minimum atomic E-state index is -0.396. The van der Waals surface area contributed by atoms with Gasteiger partial charge in [0.25, 0.3) is 0 Å². The summed E-state index contributed by atoms with van der Waals surface area (Å²) in [6.07, 6.45) is 0. The fourth-order valence-corrected chi connectivity index (χ4v) is 2.74. The summed E-state index contributed by atoms with van der Waals surface area (Å²) < 4.78 is 11.4. The molecule has 0 atom stereocenters. The number of methoxy groups -OCH3 is 1. The van der Waals surface area contributed by atoms with Gasteiger partial charge < -0.3 is 19.9 Å². The fourth-order valence-electron chi connectivity index (χ4n) is 2.23. The van der Waals surface area contributed by atoms with E-state index in [-0.39, 0.29) is 13.2 Å². The van der Waals surface area contributed by atoms with Gasteiger partial charge in [-0.1, -0.05) is 41.4 Å². The Morgan fingerprint density at radius 3 is 2.32 bits per heavy atom. The average molecular weight is 384 g/mol. The van der Waals surface area contributed by atoms with Crippen molar-refractivity contribution in [1.29, 1.82) is 0 Å².